The quantitative estimate of drug-likeness (QED) is 0.853. The van der Waals surface area contributed by atoms with Crippen LogP contribution < -0.4 is 5.32 Å². The van der Waals surface area contributed by atoms with E-state index in [1.54, 1.807) is 0 Å². The molecule has 0 aliphatic rings. The third kappa shape index (κ3) is 4.38. The Labute approximate surface area is 120 Å². The van der Waals surface area contributed by atoms with Crippen molar-refractivity contribution in [3.05, 3.63) is 70.2 Å². The van der Waals surface area contributed by atoms with Crippen LogP contribution in [0, 0.1) is 6.92 Å². The Bertz CT molecular complexity index is 519. The van der Waals surface area contributed by atoms with Gasteiger partial charge in [0, 0.05) is 17.6 Å². The summed E-state index contributed by atoms with van der Waals surface area (Å²) in [5.41, 5.74) is 4.04. The molecule has 1 N–H and O–H groups in total. The highest BCUT2D eigenvalue weighted by Crippen LogP contribution is 2.11. The molecule has 1 unspecified atom stereocenters. The van der Waals surface area contributed by atoms with Gasteiger partial charge in [-0.05, 0) is 49.1 Å². The zero-order chi connectivity index (χ0) is 13.7. The Balaban J connectivity index is 1.86. The molecule has 0 bridgehead atoms. The van der Waals surface area contributed by atoms with Gasteiger partial charge < -0.3 is 5.32 Å². The van der Waals surface area contributed by atoms with E-state index in [0.717, 1.165) is 18.0 Å². The van der Waals surface area contributed by atoms with Gasteiger partial charge in [-0.1, -0.05) is 48.0 Å². The van der Waals surface area contributed by atoms with Gasteiger partial charge in [0.15, 0.2) is 0 Å². The first-order valence-electron chi connectivity index (χ1n) is 6.67. The molecular weight excluding hydrogens is 254 g/mol. The van der Waals surface area contributed by atoms with E-state index in [0.29, 0.717) is 6.04 Å². The number of hydrogen-bond acceptors (Lipinski definition) is 1. The summed E-state index contributed by atoms with van der Waals surface area (Å²) in [6.07, 6.45) is 1.06. The fourth-order valence-electron chi connectivity index (χ4n) is 2.14. The monoisotopic (exact) mass is 273 g/mol. The zero-order valence-corrected chi connectivity index (χ0v) is 12.2. The fraction of sp³-hybridized carbons (Fsp3) is 0.294. The van der Waals surface area contributed by atoms with Gasteiger partial charge in [-0.3, -0.25) is 0 Å². The van der Waals surface area contributed by atoms with Gasteiger partial charge in [-0.2, -0.15) is 0 Å². The molecule has 0 heterocycles. The molecule has 0 aliphatic heterocycles. The average Bonchev–Trinajstić information content (AvgIpc) is 2.41. The van der Waals surface area contributed by atoms with Crippen molar-refractivity contribution in [2.24, 2.45) is 0 Å². The van der Waals surface area contributed by atoms with E-state index in [-0.39, 0.29) is 0 Å². The summed E-state index contributed by atoms with van der Waals surface area (Å²) >= 11 is 5.88. The molecule has 0 spiro atoms. The van der Waals surface area contributed by atoms with Crippen molar-refractivity contribution in [1.29, 1.82) is 0 Å². The van der Waals surface area contributed by atoms with Gasteiger partial charge in [-0.25, -0.2) is 0 Å². The largest absolute Gasteiger partial charge is 0.310 e. The van der Waals surface area contributed by atoms with Crippen molar-refractivity contribution in [2.75, 3.05) is 0 Å². The number of benzene rings is 2. The molecule has 0 aromatic heterocycles. The molecule has 1 nitrogen and oxygen atoms in total. The van der Waals surface area contributed by atoms with Crippen LogP contribution in [0.15, 0.2) is 48.5 Å². The second-order valence-electron chi connectivity index (χ2n) is 5.04. The van der Waals surface area contributed by atoms with E-state index in [1.807, 2.05) is 12.1 Å². The van der Waals surface area contributed by atoms with Gasteiger partial charge in [0.2, 0.25) is 0 Å². The molecule has 1 atom stereocenters. The van der Waals surface area contributed by atoms with Crippen molar-refractivity contribution in [3.63, 3.8) is 0 Å². The van der Waals surface area contributed by atoms with Crippen molar-refractivity contribution < 1.29 is 0 Å². The normalized spacial score (nSPS) is 12.4. The van der Waals surface area contributed by atoms with Crippen molar-refractivity contribution >= 4 is 11.6 Å². The molecular formula is C17H20ClN. The fourth-order valence-corrected chi connectivity index (χ4v) is 2.26. The summed E-state index contributed by atoms with van der Waals surface area (Å²) in [6.45, 7) is 5.27. The summed E-state index contributed by atoms with van der Waals surface area (Å²) in [5, 5.41) is 4.34. The Hall–Kier alpha value is -1.31. The SMILES string of the molecule is Cc1ccccc1CC(C)NCc1ccc(Cl)cc1. The van der Waals surface area contributed by atoms with Gasteiger partial charge in [-0.15, -0.1) is 0 Å². The van der Waals surface area contributed by atoms with Crippen molar-refractivity contribution in [3.8, 4) is 0 Å². The highest BCUT2D eigenvalue weighted by atomic mass is 35.5. The van der Waals surface area contributed by atoms with E-state index in [9.17, 15) is 0 Å². The molecule has 2 aromatic rings. The predicted molar refractivity (Wildman–Crippen MR) is 82.6 cm³/mol. The Morgan fingerprint density at radius 1 is 1.05 bits per heavy atom. The number of halogens is 1. The van der Waals surface area contributed by atoms with E-state index >= 15 is 0 Å². The second-order valence-corrected chi connectivity index (χ2v) is 5.48. The maximum atomic E-state index is 5.88. The van der Waals surface area contributed by atoms with E-state index in [4.69, 9.17) is 11.6 Å². The Morgan fingerprint density at radius 3 is 2.42 bits per heavy atom. The molecule has 0 aliphatic carbocycles. The smallest absolute Gasteiger partial charge is 0.0406 e. The summed E-state index contributed by atoms with van der Waals surface area (Å²) in [5.74, 6) is 0. The number of rotatable bonds is 5. The molecule has 2 aromatic carbocycles. The van der Waals surface area contributed by atoms with Gasteiger partial charge >= 0.3 is 0 Å². The van der Waals surface area contributed by atoms with Gasteiger partial charge in [0.05, 0.1) is 0 Å². The molecule has 0 radical (unpaired) electrons. The molecule has 0 fully saturated rings. The van der Waals surface area contributed by atoms with Crippen LogP contribution in [0.4, 0.5) is 0 Å². The third-order valence-corrected chi connectivity index (χ3v) is 3.61. The average molecular weight is 274 g/mol. The second kappa shape index (κ2) is 6.74. The maximum Gasteiger partial charge on any atom is 0.0406 e. The molecule has 100 valence electrons. The minimum absolute atomic E-state index is 0.455. The Kier molecular flexibility index (Phi) is 5.00. The first-order valence-corrected chi connectivity index (χ1v) is 7.05. The molecule has 0 saturated carbocycles. The van der Waals surface area contributed by atoms with Crippen LogP contribution in [0.25, 0.3) is 0 Å². The lowest BCUT2D eigenvalue weighted by molar-refractivity contribution is 0.544. The summed E-state index contributed by atoms with van der Waals surface area (Å²) in [7, 11) is 0. The standard InChI is InChI=1S/C17H20ClN/c1-13-5-3-4-6-16(13)11-14(2)19-12-15-7-9-17(18)10-8-15/h3-10,14,19H,11-12H2,1-2H3. The highest BCUT2D eigenvalue weighted by molar-refractivity contribution is 6.30. The predicted octanol–water partition coefficient (Wildman–Crippen LogP) is 4.37. The zero-order valence-electron chi connectivity index (χ0n) is 11.5. The van der Waals surface area contributed by atoms with Gasteiger partial charge in [0.1, 0.15) is 0 Å². The lowest BCUT2D eigenvalue weighted by Crippen LogP contribution is -2.27. The summed E-state index contributed by atoms with van der Waals surface area (Å²) < 4.78 is 0. The Morgan fingerprint density at radius 2 is 1.74 bits per heavy atom. The minimum atomic E-state index is 0.455. The molecule has 19 heavy (non-hydrogen) atoms. The van der Waals surface area contributed by atoms with Crippen LogP contribution in [0.3, 0.4) is 0 Å². The summed E-state index contributed by atoms with van der Waals surface area (Å²) in [6, 6.07) is 17.0. The maximum absolute atomic E-state index is 5.88. The lowest BCUT2D eigenvalue weighted by Gasteiger charge is -2.15. The van der Waals surface area contributed by atoms with Crippen molar-refractivity contribution in [1.82, 2.24) is 5.32 Å². The molecule has 2 heteroatoms. The molecule has 0 saturated heterocycles. The van der Waals surface area contributed by atoms with E-state index in [1.165, 1.54) is 16.7 Å². The van der Waals surface area contributed by atoms with Crippen LogP contribution in [0.2, 0.25) is 5.02 Å². The van der Waals surface area contributed by atoms with E-state index < -0.39 is 0 Å². The van der Waals surface area contributed by atoms with E-state index in [2.05, 4.69) is 55.6 Å². The van der Waals surface area contributed by atoms with Crippen LogP contribution in [-0.4, -0.2) is 6.04 Å². The number of hydrogen-bond donors (Lipinski definition) is 1. The lowest BCUT2D eigenvalue weighted by atomic mass is 10.0. The van der Waals surface area contributed by atoms with Crippen molar-refractivity contribution in [2.45, 2.75) is 32.9 Å². The van der Waals surface area contributed by atoms with Crippen LogP contribution >= 0.6 is 11.6 Å². The van der Waals surface area contributed by atoms with Crippen LogP contribution in [0.5, 0.6) is 0 Å². The summed E-state index contributed by atoms with van der Waals surface area (Å²) in [4.78, 5) is 0. The third-order valence-electron chi connectivity index (χ3n) is 3.36. The first-order chi connectivity index (χ1) is 9.15. The molecule has 0 amide bonds. The molecule has 2 rings (SSSR count). The van der Waals surface area contributed by atoms with Gasteiger partial charge in [0.25, 0.3) is 0 Å². The first kappa shape index (κ1) is 14.1. The van der Waals surface area contributed by atoms with Crippen LogP contribution in [-0.2, 0) is 13.0 Å². The highest BCUT2D eigenvalue weighted by Gasteiger charge is 2.05. The number of nitrogens with one attached hydrogen (secondary N) is 1. The minimum Gasteiger partial charge on any atom is -0.310 e. The topological polar surface area (TPSA) is 12.0 Å². The number of aryl methyl sites for hydroxylation is 1. The van der Waals surface area contributed by atoms with Crippen LogP contribution in [0.1, 0.15) is 23.6 Å².